The summed E-state index contributed by atoms with van der Waals surface area (Å²) in [6.45, 7) is 6.05. The molecular formula is C21H19F2N5O2. The Labute approximate surface area is 170 Å². The molecule has 30 heavy (non-hydrogen) atoms. The van der Waals surface area contributed by atoms with Crippen LogP contribution in [0.3, 0.4) is 0 Å². The molecule has 0 saturated carbocycles. The van der Waals surface area contributed by atoms with E-state index in [1.165, 1.54) is 22.9 Å². The van der Waals surface area contributed by atoms with Gasteiger partial charge >= 0.3 is 5.97 Å². The zero-order valence-corrected chi connectivity index (χ0v) is 16.6. The molecule has 0 atom stereocenters. The van der Waals surface area contributed by atoms with Crippen molar-refractivity contribution in [3.8, 4) is 16.9 Å². The first-order valence-corrected chi connectivity index (χ1v) is 9.36. The highest BCUT2D eigenvalue weighted by Crippen LogP contribution is 2.34. The summed E-state index contributed by atoms with van der Waals surface area (Å²) in [5, 5.41) is 18.2. The highest BCUT2D eigenvalue weighted by molar-refractivity contribution is 5.89. The van der Waals surface area contributed by atoms with Gasteiger partial charge in [-0.3, -0.25) is 4.68 Å². The van der Waals surface area contributed by atoms with Gasteiger partial charge in [0.05, 0.1) is 33.7 Å². The normalized spacial score (nSPS) is 11.5. The number of halogens is 2. The number of hydrogen-bond donors (Lipinski definition) is 1. The predicted molar refractivity (Wildman–Crippen MR) is 107 cm³/mol. The number of nitrogens with zero attached hydrogens (tertiary/aromatic N) is 5. The summed E-state index contributed by atoms with van der Waals surface area (Å²) in [6, 6.07) is 7.42. The first kappa shape index (κ1) is 19.7. The van der Waals surface area contributed by atoms with Gasteiger partial charge < -0.3 is 5.11 Å². The number of carbonyl (C=O) groups is 1. The Morgan fingerprint density at radius 1 is 1.13 bits per heavy atom. The second-order valence-corrected chi connectivity index (χ2v) is 6.93. The number of fused-ring (bicyclic) bond motifs is 1. The summed E-state index contributed by atoms with van der Waals surface area (Å²) in [6.07, 6.45) is -0.921. The Kier molecular flexibility index (Phi) is 4.81. The van der Waals surface area contributed by atoms with Gasteiger partial charge in [-0.05, 0) is 51.1 Å². The Bertz CT molecular complexity index is 1260. The molecule has 154 valence electrons. The minimum Gasteiger partial charge on any atom is -0.478 e. The van der Waals surface area contributed by atoms with Crippen LogP contribution in [-0.4, -0.2) is 35.6 Å². The number of hydrogen-bond acceptors (Lipinski definition) is 4. The highest BCUT2D eigenvalue weighted by Gasteiger charge is 2.23. The second kappa shape index (κ2) is 7.33. The topological polar surface area (TPSA) is 85.8 Å². The van der Waals surface area contributed by atoms with E-state index in [0.717, 1.165) is 0 Å². The highest BCUT2D eigenvalue weighted by atomic mass is 19.3. The van der Waals surface area contributed by atoms with Crippen molar-refractivity contribution in [3.63, 3.8) is 0 Å². The number of aromatic nitrogens is 5. The van der Waals surface area contributed by atoms with Crippen LogP contribution in [-0.2, 0) is 6.54 Å². The summed E-state index contributed by atoms with van der Waals surface area (Å²) in [5.74, 6) is -1.05. The molecule has 1 N–H and O–H groups in total. The monoisotopic (exact) mass is 411 g/mol. The Morgan fingerprint density at radius 2 is 1.83 bits per heavy atom. The molecule has 4 rings (SSSR count). The van der Waals surface area contributed by atoms with Crippen molar-refractivity contribution in [2.75, 3.05) is 0 Å². The maximum atomic E-state index is 13.9. The first-order chi connectivity index (χ1) is 14.3. The molecule has 0 fully saturated rings. The molecule has 7 nitrogen and oxygen atoms in total. The lowest BCUT2D eigenvalue weighted by Gasteiger charge is -2.08. The fraction of sp³-hybridized carbons (Fsp3) is 0.238. The minimum atomic E-state index is -2.71. The van der Waals surface area contributed by atoms with Gasteiger partial charge in [-0.2, -0.15) is 10.2 Å². The molecule has 9 heteroatoms. The lowest BCUT2D eigenvalue weighted by Crippen LogP contribution is -2.01. The van der Waals surface area contributed by atoms with Crippen molar-refractivity contribution in [1.29, 1.82) is 0 Å². The van der Waals surface area contributed by atoms with Crippen molar-refractivity contribution in [1.82, 2.24) is 24.5 Å². The number of aryl methyl sites for hydroxylation is 3. The second-order valence-electron chi connectivity index (χ2n) is 6.93. The Morgan fingerprint density at radius 3 is 2.40 bits per heavy atom. The van der Waals surface area contributed by atoms with E-state index in [-0.39, 0.29) is 22.2 Å². The van der Waals surface area contributed by atoms with Gasteiger partial charge in [-0.15, -0.1) is 0 Å². The summed E-state index contributed by atoms with van der Waals surface area (Å²) >= 11 is 0. The number of aromatic carboxylic acids is 1. The molecule has 0 amide bonds. The molecule has 0 saturated heterocycles. The number of carboxylic acids is 1. The van der Waals surface area contributed by atoms with Crippen LogP contribution >= 0.6 is 0 Å². The third-order valence-electron chi connectivity index (χ3n) is 4.98. The van der Waals surface area contributed by atoms with Crippen LogP contribution < -0.4 is 0 Å². The van der Waals surface area contributed by atoms with E-state index >= 15 is 0 Å². The molecule has 0 bridgehead atoms. The molecule has 4 aromatic rings. The van der Waals surface area contributed by atoms with Crippen molar-refractivity contribution in [2.24, 2.45) is 0 Å². The SMILES string of the molecule is CCn1cc(-c2cc(C(F)F)c3c(C)nn(-c4ccc(C(=O)O)cc4)c3n2)c(C)n1. The van der Waals surface area contributed by atoms with Crippen molar-refractivity contribution >= 4 is 17.0 Å². The fourth-order valence-electron chi connectivity index (χ4n) is 3.49. The Balaban J connectivity index is 1.97. The van der Waals surface area contributed by atoms with Gasteiger partial charge in [0.25, 0.3) is 6.43 Å². The third-order valence-corrected chi connectivity index (χ3v) is 4.98. The molecule has 0 radical (unpaired) electrons. The molecule has 0 spiro atoms. The Hall–Kier alpha value is -3.62. The van der Waals surface area contributed by atoms with Gasteiger partial charge in [-0.25, -0.2) is 23.2 Å². The number of pyridine rings is 1. The van der Waals surface area contributed by atoms with E-state index in [9.17, 15) is 13.6 Å². The van der Waals surface area contributed by atoms with Crippen molar-refractivity contribution < 1.29 is 18.7 Å². The predicted octanol–water partition coefficient (Wildman–Crippen LogP) is 4.56. The van der Waals surface area contributed by atoms with Gasteiger partial charge in [0.2, 0.25) is 0 Å². The number of rotatable bonds is 5. The molecule has 1 aromatic carbocycles. The van der Waals surface area contributed by atoms with E-state index in [4.69, 9.17) is 5.11 Å². The van der Waals surface area contributed by atoms with Crippen LogP contribution in [0, 0.1) is 13.8 Å². The number of alkyl halides is 2. The lowest BCUT2D eigenvalue weighted by atomic mass is 10.1. The average Bonchev–Trinajstić information content (AvgIpc) is 3.27. The van der Waals surface area contributed by atoms with Crippen LogP contribution in [0.1, 0.15) is 40.7 Å². The van der Waals surface area contributed by atoms with E-state index in [1.807, 2.05) is 13.8 Å². The molecule has 3 heterocycles. The summed E-state index contributed by atoms with van der Waals surface area (Å²) < 4.78 is 31.1. The quantitative estimate of drug-likeness (QED) is 0.520. The van der Waals surface area contributed by atoms with E-state index < -0.39 is 12.4 Å². The summed E-state index contributed by atoms with van der Waals surface area (Å²) in [4.78, 5) is 15.8. The maximum Gasteiger partial charge on any atom is 0.335 e. The fourth-order valence-corrected chi connectivity index (χ4v) is 3.49. The van der Waals surface area contributed by atoms with Gasteiger partial charge in [0.1, 0.15) is 0 Å². The maximum absolute atomic E-state index is 13.9. The van der Waals surface area contributed by atoms with Crippen LogP contribution in [0.25, 0.3) is 28.0 Å². The molecule has 3 aromatic heterocycles. The molecule has 0 aliphatic rings. The largest absolute Gasteiger partial charge is 0.478 e. The van der Waals surface area contributed by atoms with E-state index in [2.05, 4.69) is 15.2 Å². The van der Waals surface area contributed by atoms with Crippen LogP contribution in [0.15, 0.2) is 36.5 Å². The van der Waals surface area contributed by atoms with Crippen molar-refractivity contribution in [3.05, 3.63) is 59.0 Å². The summed E-state index contributed by atoms with van der Waals surface area (Å²) in [5.41, 5.74) is 2.96. The average molecular weight is 411 g/mol. The van der Waals surface area contributed by atoms with Crippen molar-refractivity contribution in [2.45, 2.75) is 33.7 Å². The first-order valence-electron chi connectivity index (χ1n) is 9.36. The van der Waals surface area contributed by atoms with Crippen LogP contribution in [0.5, 0.6) is 0 Å². The van der Waals surface area contributed by atoms with Gasteiger partial charge in [0.15, 0.2) is 5.65 Å². The van der Waals surface area contributed by atoms with Crippen LogP contribution in [0.4, 0.5) is 8.78 Å². The molecule has 0 unspecified atom stereocenters. The minimum absolute atomic E-state index is 0.122. The number of benzene rings is 1. The van der Waals surface area contributed by atoms with Crippen LogP contribution in [0.2, 0.25) is 0 Å². The molecular weight excluding hydrogens is 392 g/mol. The summed E-state index contributed by atoms with van der Waals surface area (Å²) in [7, 11) is 0. The molecule has 0 aliphatic carbocycles. The van der Waals surface area contributed by atoms with E-state index in [0.29, 0.717) is 34.9 Å². The number of carboxylic acid groups (broad SMARTS) is 1. The zero-order valence-electron chi connectivity index (χ0n) is 16.6. The smallest absolute Gasteiger partial charge is 0.335 e. The standard InChI is InChI=1S/C21H19F2N5O2/c1-4-27-10-16(11(2)25-27)17-9-15(19(22)23)18-12(3)26-28(20(18)24-17)14-7-5-13(6-8-14)21(29)30/h5-10,19H,4H2,1-3H3,(H,29,30). The third kappa shape index (κ3) is 3.22. The molecule has 0 aliphatic heterocycles. The van der Waals surface area contributed by atoms with E-state index in [1.54, 1.807) is 29.9 Å². The lowest BCUT2D eigenvalue weighted by molar-refractivity contribution is 0.0697. The van der Waals surface area contributed by atoms with Gasteiger partial charge in [-0.1, -0.05) is 0 Å². The zero-order chi connectivity index (χ0) is 21.6. The van der Waals surface area contributed by atoms with Gasteiger partial charge in [0, 0.05) is 23.9 Å².